The number of halogens is 1. The maximum atomic E-state index is 12.3. The summed E-state index contributed by atoms with van der Waals surface area (Å²) >= 11 is 3.44. The molecule has 0 radical (unpaired) electrons. The van der Waals surface area contributed by atoms with Crippen LogP contribution < -0.4 is 20.8 Å². The fourth-order valence-electron chi connectivity index (χ4n) is 2.72. The van der Waals surface area contributed by atoms with Gasteiger partial charge in [-0.3, -0.25) is 14.4 Å². The molecule has 2 aromatic rings. The molecular weight excluding hydrogens is 476 g/mol. The lowest BCUT2D eigenvalue weighted by atomic mass is 10.1. The Bertz CT molecular complexity index is 1000. The number of amides is 3. The van der Waals surface area contributed by atoms with Gasteiger partial charge in [-0.25, -0.2) is 5.43 Å². The number of hydrazone groups is 1. The molecule has 8 nitrogen and oxygen atoms in total. The van der Waals surface area contributed by atoms with Crippen LogP contribution in [0.2, 0.25) is 0 Å². The summed E-state index contributed by atoms with van der Waals surface area (Å²) in [5.41, 5.74) is 5.47. The minimum Gasteiger partial charge on any atom is -0.484 e. The van der Waals surface area contributed by atoms with Gasteiger partial charge in [0.2, 0.25) is 0 Å². The highest BCUT2D eigenvalue weighted by Crippen LogP contribution is 2.25. The summed E-state index contributed by atoms with van der Waals surface area (Å²) in [6, 6.07) is 10.6. The fraction of sp³-hybridized carbons (Fsp3) is 0.304. The molecule has 2 aromatic carbocycles. The van der Waals surface area contributed by atoms with E-state index in [9.17, 15) is 14.4 Å². The molecular formula is C23H27BrN4O4. The van der Waals surface area contributed by atoms with E-state index < -0.39 is 11.8 Å². The van der Waals surface area contributed by atoms with Gasteiger partial charge in [-0.2, -0.15) is 5.10 Å². The first-order valence-corrected chi connectivity index (χ1v) is 10.9. The Balaban J connectivity index is 1.89. The second-order valence-corrected chi connectivity index (χ2v) is 8.22. The lowest BCUT2D eigenvalue weighted by molar-refractivity contribution is -0.139. The van der Waals surface area contributed by atoms with Gasteiger partial charge < -0.3 is 15.4 Å². The molecule has 170 valence electrons. The summed E-state index contributed by atoms with van der Waals surface area (Å²) in [5.74, 6) is -1.40. The molecule has 0 bridgehead atoms. The van der Waals surface area contributed by atoms with E-state index in [0.717, 1.165) is 27.7 Å². The Labute approximate surface area is 195 Å². The maximum absolute atomic E-state index is 12.3. The molecule has 0 aliphatic carbocycles. The topological polar surface area (TPSA) is 109 Å². The quantitative estimate of drug-likeness (QED) is 0.291. The Morgan fingerprint density at radius 1 is 1.12 bits per heavy atom. The van der Waals surface area contributed by atoms with Crippen molar-refractivity contribution < 1.29 is 19.1 Å². The van der Waals surface area contributed by atoms with Gasteiger partial charge >= 0.3 is 11.8 Å². The lowest BCUT2D eigenvalue weighted by Crippen LogP contribution is -2.41. The van der Waals surface area contributed by atoms with Crippen molar-refractivity contribution >= 4 is 45.6 Å². The van der Waals surface area contributed by atoms with E-state index in [1.165, 1.54) is 6.21 Å². The van der Waals surface area contributed by atoms with Crippen molar-refractivity contribution in [2.24, 2.45) is 5.10 Å². The van der Waals surface area contributed by atoms with Gasteiger partial charge in [-0.1, -0.05) is 35.0 Å². The Hall–Kier alpha value is -3.20. The summed E-state index contributed by atoms with van der Waals surface area (Å²) in [6.45, 7) is 7.39. The Morgan fingerprint density at radius 2 is 1.81 bits per heavy atom. The third-order valence-electron chi connectivity index (χ3n) is 4.57. The largest absolute Gasteiger partial charge is 0.484 e. The minimum atomic E-state index is -0.843. The standard InChI is InChI=1S/C23H27BrN4O4/c1-5-16(4)26-22(30)23(31)28-25-12-17-7-6-8-19(11-17)32-13-20(29)27-21-14(2)9-18(24)10-15(21)3/h6-12,16H,5,13H2,1-4H3,(H,26,30)(H,27,29)(H,28,31)/b25-12-/t16-/m1/s1. The van der Waals surface area contributed by atoms with Crippen LogP contribution in [0.1, 0.15) is 37.0 Å². The van der Waals surface area contributed by atoms with Crippen LogP contribution in [-0.4, -0.2) is 36.6 Å². The SMILES string of the molecule is CC[C@@H](C)NC(=O)C(=O)N/N=C\c1cccc(OCC(=O)Nc2c(C)cc(Br)cc2C)c1. The normalized spacial score (nSPS) is 11.7. The van der Waals surface area contributed by atoms with Crippen LogP contribution in [0.25, 0.3) is 0 Å². The van der Waals surface area contributed by atoms with Crippen molar-refractivity contribution in [2.45, 2.75) is 40.2 Å². The van der Waals surface area contributed by atoms with Crippen molar-refractivity contribution in [1.82, 2.24) is 10.7 Å². The second-order valence-electron chi connectivity index (χ2n) is 7.31. The molecule has 3 N–H and O–H groups in total. The minimum absolute atomic E-state index is 0.0974. The molecule has 1 atom stereocenters. The molecule has 0 saturated heterocycles. The highest BCUT2D eigenvalue weighted by molar-refractivity contribution is 9.10. The molecule has 9 heteroatoms. The van der Waals surface area contributed by atoms with E-state index in [4.69, 9.17) is 4.74 Å². The van der Waals surface area contributed by atoms with Crippen molar-refractivity contribution in [3.63, 3.8) is 0 Å². The van der Waals surface area contributed by atoms with Crippen molar-refractivity contribution in [3.8, 4) is 5.75 Å². The molecule has 0 aliphatic rings. The monoisotopic (exact) mass is 502 g/mol. The number of carbonyl (C=O) groups excluding carboxylic acids is 3. The molecule has 0 unspecified atom stereocenters. The van der Waals surface area contributed by atoms with E-state index in [0.29, 0.717) is 11.3 Å². The molecule has 0 heterocycles. The zero-order valence-corrected chi connectivity index (χ0v) is 20.1. The summed E-state index contributed by atoms with van der Waals surface area (Å²) in [6.07, 6.45) is 2.10. The van der Waals surface area contributed by atoms with Crippen molar-refractivity contribution in [2.75, 3.05) is 11.9 Å². The molecule has 32 heavy (non-hydrogen) atoms. The van der Waals surface area contributed by atoms with Crippen molar-refractivity contribution in [1.29, 1.82) is 0 Å². The number of nitrogens with zero attached hydrogens (tertiary/aromatic N) is 1. The predicted octanol–water partition coefficient (Wildman–Crippen LogP) is 3.45. The van der Waals surface area contributed by atoms with Gasteiger partial charge in [0.1, 0.15) is 5.75 Å². The molecule has 0 saturated carbocycles. The lowest BCUT2D eigenvalue weighted by Gasteiger charge is -2.13. The average Bonchev–Trinajstić information content (AvgIpc) is 2.74. The van der Waals surface area contributed by atoms with Crippen molar-refractivity contribution in [3.05, 3.63) is 57.6 Å². The van der Waals surface area contributed by atoms with Gasteiger partial charge in [0, 0.05) is 16.2 Å². The number of hydrogen-bond donors (Lipinski definition) is 3. The van der Waals surface area contributed by atoms with Crippen LogP contribution in [0.4, 0.5) is 5.69 Å². The highest BCUT2D eigenvalue weighted by atomic mass is 79.9. The van der Waals surface area contributed by atoms with Gasteiger partial charge in [-0.05, 0) is 68.1 Å². The number of ether oxygens (including phenoxy) is 1. The van der Waals surface area contributed by atoms with Gasteiger partial charge in [-0.15, -0.1) is 0 Å². The third-order valence-corrected chi connectivity index (χ3v) is 5.02. The second kappa shape index (κ2) is 12.0. The Morgan fingerprint density at radius 3 is 2.47 bits per heavy atom. The number of benzene rings is 2. The van der Waals surface area contributed by atoms with Crippen LogP contribution in [0.5, 0.6) is 5.75 Å². The maximum Gasteiger partial charge on any atom is 0.329 e. The van der Waals surface area contributed by atoms with Crippen LogP contribution >= 0.6 is 15.9 Å². The molecule has 2 rings (SSSR count). The van der Waals surface area contributed by atoms with Gasteiger partial charge in [0.25, 0.3) is 5.91 Å². The van der Waals surface area contributed by atoms with E-state index in [1.807, 2.05) is 32.9 Å². The first-order chi connectivity index (χ1) is 15.2. The number of rotatable bonds is 8. The molecule has 0 aliphatic heterocycles. The van der Waals surface area contributed by atoms with Gasteiger partial charge in [0.05, 0.1) is 6.21 Å². The van der Waals surface area contributed by atoms with E-state index in [1.54, 1.807) is 31.2 Å². The molecule has 0 aromatic heterocycles. The number of hydrogen-bond acceptors (Lipinski definition) is 5. The fourth-order valence-corrected chi connectivity index (χ4v) is 3.41. The number of aryl methyl sites for hydroxylation is 2. The van der Waals surface area contributed by atoms with Crippen LogP contribution in [0.15, 0.2) is 46.0 Å². The Kier molecular flexibility index (Phi) is 9.39. The van der Waals surface area contributed by atoms with Crippen LogP contribution in [-0.2, 0) is 14.4 Å². The first-order valence-electron chi connectivity index (χ1n) is 10.1. The van der Waals surface area contributed by atoms with E-state index >= 15 is 0 Å². The van der Waals surface area contributed by atoms with Crippen LogP contribution in [0.3, 0.4) is 0 Å². The zero-order valence-electron chi connectivity index (χ0n) is 18.5. The first kappa shape index (κ1) is 25.1. The summed E-state index contributed by atoms with van der Waals surface area (Å²) in [4.78, 5) is 35.7. The number of carbonyl (C=O) groups is 3. The van der Waals surface area contributed by atoms with E-state index in [2.05, 4.69) is 37.1 Å². The average molecular weight is 503 g/mol. The van der Waals surface area contributed by atoms with Crippen LogP contribution in [0, 0.1) is 13.8 Å². The van der Waals surface area contributed by atoms with E-state index in [-0.39, 0.29) is 18.6 Å². The third kappa shape index (κ3) is 7.81. The highest BCUT2D eigenvalue weighted by Gasteiger charge is 2.14. The number of nitrogens with one attached hydrogen (secondary N) is 3. The summed E-state index contributed by atoms with van der Waals surface area (Å²) in [5, 5.41) is 9.22. The van der Waals surface area contributed by atoms with Gasteiger partial charge in [0.15, 0.2) is 6.61 Å². The molecule has 3 amide bonds. The number of anilines is 1. The smallest absolute Gasteiger partial charge is 0.329 e. The summed E-state index contributed by atoms with van der Waals surface area (Å²) in [7, 11) is 0. The summed E-state index contributed by atoms with van der Waals surface area (Å²) < 4.78 is 6.52. The molecule has 0 fully saturated rings. The predicted molar refractivity (Wildman–Crippen MR) is 128 cm³/mol. The molecule has 0 spiro atoms. The zero-order chi connectivity index (χ0) is 23.7.